The van der Waals surface area contributed by atoms with Crippen LogP contribution in [0.5, 0.6) is 0 Å². The molecule has 0 unspecified atom stereocenters. The monoisotopic (exact) mass is 1160 g/mol. The molecule has 6 nitrogen and oxygen atoms in total. The summed E-state index contributed by atoms with van der Waals surface area (Å²) < 4.78 is 2.49. The summed E-state index contributed by atoms with van der Waals surface area (Å²) in [5, 5.41) is 2.38. The number of anilines is 6. The Kier molecular flexibility index (Phi) is 11.9. The molecule has 0 N–H and O–H groups in total. The summed E-state index contributed by atoms with van der Waals surface area (Å²) in [5.41, 5.74) is 28.6. The Morgan fingerprint density at radius 1 is 0.297 bits per heavy atom. The fraction of sp³-hybridized carbons (Fsp3) is 0.0357. The van der Waals surface area contributed by atoms with Crippen molar-refractivity contribution in [2.75, 3.05) is 9.80 Å². The highest BCUT2D eigenvalue weighted by Crippen LogP contribution is 2.52. The molecule has 18 rings (SSSR count). The summed E-state index contributed by atoms with van der Waals surface area (Å²) in [6.07, 6.45) is 0. The van der Waals surface area contributed by atoms with Crippen molar-refractivity contribution in [3.8, 4) is 84.4 Å². The largest absolute Gasteiger partial charge is 0.311 e. The number of aromatic nitrogens is 4. The van der Waals surface area contributed by atoms with Crippen LogP contribution >= 0.6 is 0 Å². The predicted molar refractivity (Wildman–Crippen MR) is 378 cm³/mol. The molecule has 91 heavy (non-hydrogen) atoms. The summed E-state index contributed by atoms with van der Waals surface area (Å²) in [7, 11) is 0. The van der Waals surface area contributed by atoms with Gasteiger partial charge < -0.3 is 14.4 Å². The second-order valence-electron chi connectivity index (χ2n) is 24.7. The zero-order valence-corrected chi connectivity index (χ0v) is 50.2. The summed E-state index contributed by atoms with van der Waals surface area (Å²) in [6, 6.07) is 113. The molecule has 0 spiro atoms. The summed E-state index contributed by atoms with van der Waals surface area (Å²) >= 11 is 0. The third kappa shape index (κ3) is 8.31. The van der Waals surface area contributed by atoms with Crippen molar-refractivity contribution in [2.45, 2.75) is 19.3 Å². The molecule has 15 aromatic rings. The average Bonchev–Trinajstić information content (AvgIpc) is 1.58. The van der Waals surface area contributed by atoms with Crippen LogP contribution in [0.25, 0.3) is 106 Å². The maximum atomic E-state index is 5.43. The molecule has 0 atom stereocenters. The van der Waals surface area contributed by atoms with Gasteiger partial charge in [-0.25, -0.2) is 15.0 Å². The molecular formula is C84H57BN6. The third-order valence-corrected chi connectivity index (χ3v) is 19.2. The van der Waals surface area contributed by atoms with Gasteiger partial charge in [-0.05, 0) is 151 Å². The van der Waals surface area contributed by atoms with Gasteiger partial charge >= 0.3 is 0 Å². The number of rotatable bonds is 9. The molecule has 0 radical (unpaired) electrons. The first-order valence-electron chi connectivity index (χ1n) is 31.4. The zero-order chi connectivity index (χ0) is 60.3. The number of nitrogens with zero attached hydrogens (tertiary/aromatic N) is 6. The van der Waals surface area contributed by atoms with E-state index in [4.69, 9.17) is 15.0 Å². The fourth-order valence-electron chi connectivity index (χ4n) is 15.1. The van der Waals surface area contributed by atoms with E-state index in [0.717, 1.165) is 78.2 Å². The topological polar surface area (TPSA) is 50.1 Å². The van der Waals surface area contributed by atoms with Crippen LogP contribution in [0.3, 0.4) is 0 Å². The minimum Gasteiger partial charge on any atom is -0.311 e. The molecular weight excluding hydrogens is 1100 g/mol. The van der Waals surface area contributed by atoms with Crippen molar-refractivity contribution in [3.05, 3.63) is 321 Å². The molecule has 4 heterocycles. The van der Waals surface area contributed by atoms with Gasteiger partial charge in [-0.2, -0.15) is 0 Å². The van der Waals surface area contributed by atoms with Crippen LogP contribution in [0.1, 0.15) is 25.0 Å². The summed E-state index contributed by atoms with van der Waals surface area (Å²) in [5.74, 6) is 1.82. The van der Waals surface area contributed by atoms with Crippen LogP contribution in [-0.2, 0) is 5.41 Å². The highest BCUT2D eigenvalue weighted by Gasteiger charge is 2.43. The van der Waals surface area contributed by atoms with Gasteiger partial charge in [-0.15, -0.1) is 0 Å². The molecule has 2 aromatic heterocycles. The molecule has 3 aliphatic rings. The van der Waals surface area contributed by atoms with E-state index in [2.05, 4.69) is 301 Å². The van der Waals surface area contributed by atoms with Gasteiger partial charge in [-0.1, -0.05) is 238 Å². The van der Waals surface area contributed by atoms with Crippen LogP contribution in [0.4, 0.5) is 34.1 Å². The Bertz CT molecular complexity index is 5370. The fourth-order valence-corrected chi connectivity index (χ4v) is 15.1. The van der Waals surface area contributed by atoms with Gasteiger partial charge in [0.1, 0.15) is 0 Å². The van der Waals surface area contributed by atoms with E-state index in [9.17, 15) is 0 Å². The van der Waals surface area contributed by atoms with Crippen molar-refractivity contribution in [3.63, 3.8) is 0 Å². The van der Waals surface area contributed by atoms with E-state index >= 15 is 0 Å². The number of hydrogen-bond acceptors (Lipinski definition) is 5. The quantitative estimate of drug-likeness (QED) is 0.135. The van der Waals surface area contributed by atoms with Gasteiger partial charge in [0.05, 0.1) is 16.7 Å². The first kappa shape index (κ1) is 52.5. The van der Waals surface area contributed by atoms with Crippen LogP contribution in [0.2, 0.25) is 0 Å². The van der Waals surface area contributed by atoms with Crippen molar-refractivity contribution < 1.29 is 0 Å². The second kappa shape index (κ2) is 20.7. The molecule has 426 valence electrons. The first-order valence-corrected chi connectivity index (χ1v) is 31.4. The second-order valence-corrected chi connectivity index (χ2v) is 24.7. The van der Waals surface area contributed by atoms with E-state index in [1.54, 1.807) is 0 Å². The standard InChI is InChI=1S/C84H57BN6/c1-84(2)69-41-14-12-37-64(69)67-52-68-65-38-13-17-44-73(65)91(78(68)53-70(67)84)80-63(39-23-40-66(80)83-87-81(54-25-6-3-7-26-54)86-82(88-83)55-27-8-4-9-28-55)60-33-21-31-58(50-60)56-29-20-30-57(49-56)59-32-22-36-62(51-59)90-75-46-19-16-43-72(75)85-71-42-15-18-45-74(71)89(61-34-10-5-11-35-61)76-47-24-48-77(90)79(76)85/h3-53H,1-2H3. The molecule has 0 amide bonds. The lowest BCUT2D eigenvalue weighted by molar-refractivity contribution is 0.661. The van der Waals surface area contributed by atoms with E-state index in [1.807, 2.05) is 36.4 Å². The molecule has 0 bridgehead atoms. The number of benzene rings is 13. The Morgan fingerprint density at radius 2 is 0.758 bits per heavy atom. The normalized spacial score (nSPS) is 13.2. The first-order chi connectivity index (χ1) is 44.9. The molecule has 1 aliphatic carbocycles. The average molecular weight is 1160 g/mol. The van der Waals surface area contributed by atoms with E-state index < -0.39 is 0 Å². The minimum absolute atomic E-state index is 0.0708. The predicted octanol–water partition coefficient (Wildman–Crippen LogP) is 19.4. The highest BCUT2D eigenvalue weighted by molar-refractivity contribution is 7.00. The molecule has 0 fully saturated rings. The van der Waals surface area contributed by atoms with Gasteiger partial charge in [0, 0.05) is 72.6 Å². The van der Waals surface area contributed by atoms with Crippen molar-refractivity contribution in [1.82, 2.24) is 19.5 Å². The number of fused-ring (bicyclic) bond motifs is 10. The van der Waals surface area contributed by atoms with E-state index in [1.165, 1.54) is 72.2 Å². The van der Waals surface area contributed by atoms with Crippen molar-refractivity contribution in [1.29, 1.82) is 0 Å². The Labute approximate surface area is 529 Å². The molecule has 0 saturated heterocycles. The van der Waals surface area contributed by atoms with Crippen LogP contribution < -0.4 is 26.2 Å². The molecule has 0 saturated carbocycles. The Morgan fingerprint density at radius 3 is 1.44 bits per heavy atom. The SMILES string of the molecule is CC1(C)c2ccccc2-c2cc3c4ccccc4n(-c4c(-c5cccc(-c6cccc(-c7cccc(N8c9ccccc9B9c%10ccccc%10N(c%10ccccc%10)c%10cccc8c%109)c7)c6)c5)cccc4-c4nc(-c5ccccc5)nc(-c5ccccc5)n4)c3cc21. The summed E-state index contributed by atoms with van der Waals surface area (Å²) in [6.45, 7) is 4.80. The minimum atomic E-state index is -0.222. The highest BCUT2D eigenvalue weighted by atomic mass is 15.2. The Hall–Kier alpha value is -11.7. The third-order valence-electron chi connectivity index (χ3n) is 19.2. The zero-order valence-electron chi connectivity index (χ0n) is 50.2. The maximum absolute atomic E-state index is 5.43. The van der Waals surface area contributed by atoms with Gasteiger partial charge in [-0.3, -0.25) is 0 Å². The smallest absolute Gasteiger partial charge is 0.252 e. The van der Waals surface area contributed by atoms with Crippen LogP contribution in [-0.4, -0.2) is 26.2 Å². The van der Waals surface area contributed by atoms with Gasteiger partial charge in [0.15, 0.2) is 17.5 Å². The van der Waals surface area contributed by atoms with Crippen LogP contribution in [0, 0.1) is 0 Å². The number of hydrogen-bond donors (Lipinski definition) is 0. The lowest BCUT2D eigenvalue weighted by Gasteiger charge is -2.44. The maximum Gasteiger partial charge on any atom is 0.252 e. The molecule has 7 heteroatoms. The van der Waals surface area contributed by atoms with Crippen molar-refractivity contribution >= 4 is 79.0 Å². The lowest BCUT2D eigenvalue weighted by atomic mass is 9.33. The van der Waals surface area contributed by atoms with Gasteiger partial charge in [0.25, 0.3) is 6.71 Å². The summed E-state index contributed by atoms with van der Waals surface area (Å²) in [4.78, 5) is 21.0. The van der Waals surface area contributed by atoms with E-state index in [-0.39, 0.29) is 12.1 Å². The van der Waals surface area contributed by atoms with Gasteiger partial charge in [0.2, 0.25) is 0 Å². The van der Waals surface area contributed by atoms with Crippen molar-refractivity contribution in [2.24, 2.45) is 0 Å². The number of para-hydroxylation sites is 5. The molecule has 13 aromatic carbocycles. The molecule has 2 aliphatic heterocycles. The van der Waals surface area contributed by atoms with Crippen LogP contribution in [0.15, 0.2) is 309 Å². The Balaban J connectivity index is 0.792. The lowest BCUT2D eigenvalue weighted by Crippen LogP contribution is -2.61. The van der Waals surface area contributed by atoms with E-state index in [0.29, 0.717) is 17.5 Å².